The monoisotopic (exact) mass is 413 g/mol. The van der Waals surface area contributed by atoms with Crippen molar-refractivity contribution in [2.75, 3.05) is 5.32 Å². The van der Waals surface area contributed by atoms with E-state index in [4.69, 9.17) is 0 Å². The van der Waals surface area contributed by atoms with Gasteiger partial charge >= 0.3 is 0 Å². The molecule has 0 amide bonds. The van der Waals surface area contributed by atoms with Gasteiger partial charge in [-0.3, -0.25) is 15.1 Å². The third kappa shape index (κ3) is 3.87. The highest BCUT2D eigenvalue weighted by molar-refractivity contribution is 7.11. The lowest BCUT2D eigenvalue weighted by Gasteiger charge is -2.06. The number of aromatic nitrogens is 2. The zero-order valence-corrected chi connectivity index (χ0v) is 16.7. The zero-order chi connectivity index (χ0) is 21.1. The number of fused-ring (bicyclic) bond motifs is 1. The van der Waals surface area contributed by atoms with Crippen LogP contribution in [0.2, 0.25) is 0 Å². The van der Waals surface area contributed by atoms with Crippen LogP contribution in [-0.4, -0.2) is 14.9 Å². The van der Waals surface area contributed by atoms with Crippen LogP contribution in [0.5, 0.6) is 0 Å². The normalized spacial score (nSPS) is 11.3. The van der Waals surface area contributed by atoms with E-state index >= 15 is 0 Å². The number of nitrogens with one attached hydrogen (secondary N) is 1. The Balaban J connectivity index is 1.64. The SMILES string of the molecule is Cc1ccc2cccc(NC=C(C#N)c3nc(-c4cccc([N+](=O)[O-])c4)cs3)c2n1. The third-order valence-corrected chi connectivity index (χ3v) is 5.31. The first-order valence-corrected chi connectivity index (χ1v) is 9.87. The second kappa shape index (κ2) is 8.11. The van der Waals surface area contributed by atoms with Gasteiger partial charge in [-0.15, -0.1) is 11.3 Å². The molecule has 7 nitrogen and oxygen atoms in total. The average molecular weight is 413 g/mol. The van der Waals surface area contributed by atoms with Gasteiger partial charge in [0.15, 0.2) is 0 Å². The molecule has 0 atom stereocenters. The number of nitro benzene ring substituents is 1. The fourth-order valence-corrected chi connectivity index (χ4v) is 3.76. The van der Waals surface area contributed by atoms with Crippen molar-refractivity contribution in [3.05, 3.63) is 87.0 Å². The lowest BCUT2D eigenvalue weighted by Crippen LogP contribution is -1.94. The van der Waals surface area contributed by atoms with Crippen LogP contribution in [-0.2, 0) is 0 Å². The summed E-state index contributed by atoms with van der Waals surface area (Å²) < 4.78 is 0. The standard InChI is InChI=1S/C22H15N5O2S/c1-14-8-9-15-4-3-7-19(21(15)25-14)24-12-17(11-23)22-26-20(13-30-22)16-5-2-6-18(10-16)27(28)29/h2-10,12-13,24H,1H3. The summed E-state index contributed by atoms with van der Waals surface area (Å²) in [6.45, 7) is 1.93. The van der Waals surface area contributed by atoms with Crippen molar-refractivity contribution in [3.8, 4) is 17.3 Å². The van der Waals surface area contributed by atoms with E-state index in [0.29, 0.717) is 21.8 Å². The highest BCUT2D eigenvalue weighted by Gasteiger charge is 2.12. The summed E-state index contributed by atoms with van der Waals surface area (Å²) in [7, 11) is 0. The van der Waals surface area contributed by atoms with Gasteiger partial charge in [0.25, 0.3) is 5.69 Å². The maximum Gasteiger partial charge on any atom is 0.270 e. The van der Waals surface area contributed by atoms with Crippen LogP contribution in [0.25, 0.3) is 27.7 Å². The molecule has 4 rings (SSSR count). The molecule has 0 spiro atoms. The summed E-state index contributed by atoms with van der Waals surface area (Å²) in [4.78, 5) is 19.6. The van der Waals surface area contributed by atoms with Gasteiger partial charge in [-0.2, -0.15) is 5.26 Å². The Morgan fingerprint density at radius 3 is 2.83 bits per heavy atom. The number of nitro groups is 1. The minimum Gasteiger partial charge on any atom is -0.359 e. The number of nitrogens with zero attached hydrogens (tertiary/aromatic N) is 4. The zero-order valence-electron chi connectivity index (χ0n) is 15.9. The summed E-state index contributed by atoms with van der Waals surface area (Å²) in [5, 5.41) is 27.1. The Morgan fingerprint density at radius 2 is 2.03 bits per heavy atom. The van der Waals surface area contributed by atoms with Crippen molar-refractivity contribution in [1.82, 2.24) is 9.97 Å². The van der Waals surface area contributed by atoms with E-state index in [9.17, 15) is 15.4 Å². The molecule has 30 heavy (non-hydrogen) atoms. The van der Waals surface area contributed by atoms with E-state index in [-0.39, 0.29) is 5.69 Å². The molecule has 0 fully saturated rings. The van der Waals surface area contributed by atoms with Gasteiger partial charge in [0.05, 0.1) is 21.8 Å². The number of benzene rings is 2. The highest BCUT2D eigenvalue weighted by atomic mass is 32.1. The molecule has 0 radical (unpaired) electrons. The van der Waals surface area contributed by atoms with Crippen molar-refractivity contribution >= 4 is 39.2 Å². The predicted molar refractivity (Wildman–Crippen MR) is 118 cm³/mol. The van der Waals surface area contributed by atoms with Crippen molar-refractivity contribution in [2.24, 2.45) is 0 Å². The number of hydrogen-bond acceptors (Lipinski definition) is 7. The molecule has 2 aromatic carbocycles. The van der Waals surface area contributed by atoms with Crippen molar-refractivity contribution in [3.63, 3.8) is 0 Å². The summed E-state index contributed by atoms with van der Waals surface area (Å²) in [5.41, 5.74) is 4.09. The minimum atomic E-state index is -0.443. The second-order valence-corrected chi connectivity index (χ2v) is 7.35. The molecule has 4 aromatic rings. The molecule has 8 heteroatoms. The molecule has 0 bridgehead atoms. The van der Waals surface area contributed by atoms with E-state index < -0.39 is 4.92 Å². The lowest BCUT2D eigenvalue weighted by molar-refractivity contribution is -0.384. The number of allylic oxidation sites excluding steroid dienone is 1. The molecule has 146 valence electrons. The first kappa shape index (κ1) is 19.2. The van der Waals surface area contributed by atoms with Gasteiger partial charge in [0.2, 0.25) is 0 Å². The van der Waals surface area contributed by atoms with Crippen molar-refractivity contribution in [2.45, 2.75) is 6.92 Å². The Morgan fingerprint density at radius 1 is 1.20 bits per heavy atom. The molecule has 0 saturated heterocycles. The lowest BCUT2D eigenvalue weighted by atomic mass is 10.1. The molecule has 0 aliphatic heterocycles. The van der Waals surface area contributed by atoms with E-state index in [1.54, 1.807) is 23.7 Å². The van der Waals surface area contributed by atoms with Gasteiger partial charge in [-0.05, 0) is 19.1 Å². The number of non-ortho nitro benzene ring substituents is 1. The molecule has 0 aliphatic rings. The first-order chi connectivity index (χ1) is 14.5. The van der Waals surface area contributed by atoms with Gasteiger partial charge in [0, 0.05) is 40.4 Å². The number of thiazole rings is 1. The highest BCUT2D eigenvalue weighted by Crippen LogP contribution is 2.29. The van der Waals surface area contributed by atoms with Gasteiger partial charge in [-0.25, -0.2) is 4.98 Å². The maximum absolute atomic E-state index is 11.0. The number of aryl methyl sites for hydroxylation is 1. The number of hydrogen-bond donors (Lipinski definition) is 1. The van der Waals surface area contributed by atoms with Crippen LogP contribution in [0.3, 0.4) is 0 Å². The van der Waals surface area contributed by atoms with Crippen LogP contribution in [0.15, 0.2) is 66.2 Å². The summed E-state index contributed by atoms with van der Waals surface area (Å²) >= 11 is 1.31. The van der Waals surface area contributed by atoms with Gasteiger partial charge in [-0.1, -0.05) is 30.3 Å². The predicted octanol–water partition coefficient (Wildman–Crippen LogP) is 5.55. The number of pyridine rings is 1. The molecular weight excluding hydrogens is 398 g/mol. The topological polar surface area (TPSA) is 105 Å². The Kier molecular flexibility index (Phi) is 5.20. The molecule has 2 heterocycles. The van der Waals surface area contributed by atoms with Crippen LogP contribution in [0.4, 0.5) is 11.4 Å². The van der Waals surface area contributed by atoms with Gasteiger partial charge in [0.1, 0.15) is 16.6 Å². The average Bonchev–Trinajstić information content (AvgIpc) is 3.24. The Labute approximate surface area is 176 Å². The first-order valence-electron chi connectivity index (χ1n) is 8.99. The second-order valence-electron chi connectivity index (χ2n) is 6.49. The van der Waals surface area contributed by atoms with E-state index in [0.717, 1.165) is 22.3 Å². The smallest absolute Gasteiger partial charge is 0.270 e. The van der Waals surface area contributed by atoms with Crippen molar-refractivity contribution in [1.29, 1.82) is 5.26 Å². The van der Waals surface area contributed by atoms with Crippen LogP contribution < -0.4 is 5.32 Å². The summed E-state index contributed by atoms with van der Waals surface area (Å²) in [6.07, 6.45) is 1.61. The quantitative estimate of drug-likeness (QED) is 0.261. The van der Waals surface area contributed by atoms with Crippen LogP contribution in [0.1, 0.15) is 10.7 Å². The molecule has 0 unspecified atom stereocenters. The summed E-state index contributed by atoms with van der Waals surface area (Å²) in [5.74, 6) is 0. The van der Waals surface area contributed by atoms with Crippen molar-refractivity contribution < 1.29 is 4.92 Å². The number of rotatable bonds is 5. The molecule has 1 N–H and O–H groups in total. The molecule has 0 aliphatic carbocycles. The molecule has 0 saturated carbocycles. The largest absolute Gasteiger partial charge is 0.359 e. The molecular formula is C22H15N5O2S. The van der Waals surface area contributed by atoms with Crippen LogP contribution >= 0.6 is 11.3 Å². The van der Waals surface area contributed by atoms with Gasteiger partial charge < -0.3 is 5.32 Å². The fourth-order valence-electron chi connectivity index (χ4n) is 2.96. The minimum absolute atomic E-state index is 0.00138. The number of anilines is 1. The van der Waals surface area contributed by atoms with Crippen LogP contribution in [0, 0.1) is 28.4 Å². The number of nitriles is 1. The molecule has 2 aromatic heterocycles. The summed E-state index contributed by atoms with van der Waals surface area (Å²) in [6, 6.07) is 18.2. The Bertz CT molecular complexity index is 1340. The maximum atomic E-state index is 11.0. The fraction of sp³-hybridized carbons (Fsp3) is 0.0455. The Hall–Kier alpha value is -4.09. The number of para-hydroxylation sites is 1. The van der Waals surface area contributed by atoms with E-state index in [1.807, 2.05) is 37.3 Å². The van der Waals surface area contributed by atoms with E-state index in [1.165, 1.54) is 23.5 Å². The third-order valence-electron chi connectivity index (χ3n) is 4.44. The van der Waals surface area contributed by atoms with E-state index in [2.05, 4.69) is 21.4 Å².